The Balaban J connectivity index is 2.23. The second-order valence-electron chi connectivity index (χ2n) is 6.70. The predicted octanol–water partition coefficient (Wildman–Crippen LogP) is 3.45. The maximum Gasteiger partial charge on any atom is 0.264 e. The van der Waals surface area contributed by atoms with E-state index < -0.39 is 10.0 Å². The number of ether oxygens (including phenoxy) is 2. The van der Waals surface area contributed by atoms with Crippen LogP contribution in [0, 0.1) is 0 Å². The van der Waals surface area contributed by atoms with Crippen LogP contribution in [-0.4, -0.2) is 41.6 Å². The van der Waals surface area contributed by atoms with Crippen LogP contribution in [-0.2, 0) is 10.0 Å². The summed E-state index contributed by atoms with van der Waals surface area (Å²) in [6, 6.07) is 11.0. The molecule has 0 aliphatic rings. The van der Waals surface area contributed by atoms with Gasteiger partial charge in [-0.3, -0.25) is 9.10 Å². The summed E-state index contributed by atoms with van der Waals surface area (Å²) in [5.74, 6) is 0.597. The maximum absolute atomic E-state index is 13.0. The zero-order chi connectivity index (χ0) is 21.6. The minimum Gasteiger partial charge on any atom is -0.493 e. The Hall–Kier alpha value is -2.74. The molecule has 0 saturated carbocycles. The Labute approximate surface area is 172 Å². The van der Waals surface area contributed by atoms with Crippen molar-refractivity contribution >= 4 is 21.6 Å². The predicted molar refractivity (Wildman–Crippen MR) is 113 cm³/mol. The van der Waals surface area contributed by atoms with E-state index in [2.05, 4.69) is 12.2 Å². The Morgan fingerprint density at radius 3 is 2.24 bits per heavy atom. The molecular weight excluding hydrogens is 392 g/mol. The fourth-order valence-electron chi connectivity index (χ4n) is 2.91. The van der Waals surface area contributed by atoms with Crippen molar-refractivity contribution in [3.8, 4) is 11.5 Å². The van der Waals surface area contributed by atoms with Crippen molar-refractivity contribution in [2.75, 3.05) is 25.6 Å². The lowest BCUT2D eigenvalue weighted by atomic mass is 10.1. The van der Waals surface area contributed by atoms with Gasteiger partial charge in [-0.2, -0.15) is 0 Å². The number of hydrogen-bond acceptors (Lipinski definition) is 5. The number of sulfonamides is 1. The van der Waals surface area contributed by atoms with Crippen LogP contribution in [0.4, 0.5) is 5.69 Å². The standard InChI is InChI=1S/C21H28N2O5S/c1-6-7-15(2)22-21(24)16-8-10-17(11-9-16)23(3)29(25,26)18-12-13-19(27-4)20(14-18)28-5/h8-15H,6-7H2,1-5H3,(H,22,24)/t15-/m0/s1. The zero-order valence-corrected chi connectivity index (χ0v) is 18.2. The quantitative estimate of drug-likeness (QED) is 0.672. The number of nitrogens with one attached hydrogen (secondary N) is 1. The second-order valence-corrected chi connectivity index (χ2v) is 8.67. The summed E-state index contributed by atoms with van der Waals surface area (Å²) in [4.78, 5) is 12.4. The molecule has 1 atom stereocenters. The van der Waals surface area contributed by atoms with E-state index in [1.807, 2.05) is 6.92 Å². The number of benzene rings is 2. The minimum absolute atomic E-state index is 0.0767. The third-order valence-corrected chi connectivity index (χ3v) is 6.39. The Bertz CT molecular complexity index is 942. The first-order valence-electron chi connectivity index (χ1n) is 9.36. The third-order valence-electron chi connectivity index (χ3n) is 4.61. The van der Waals surface area contributed by atoms with E-state index in [4.69, 9.17) is 9.47 Å². The van der Waals surface area contributed by atoms with Gasteiger partial charge in [0.2, 0.25) is 0 Å². The normalized spacial score (nSPS) is 12.2. The Morgan fingerprint density at radius 2 is 1.69 bits per heavy atom. The van der Waals surface area contributed by atoms with Crippen molar-refractivity contribution in [1.29, 1.82) is 0 Å². The van der Waals surface area contributed by atoms with Crippen LogP contribution in [0.25, 0.3) is 0 Å². The van der Waals surface area contributed by atoms with E-state index in [1.54, 1.807) is 30.3 Å². The van der Waals surface area contributed by atoms with Gasteiger partial charge < -0.3 is 14.8 Å². The number of carbonyl (C=O) groups excluding carboxylic acids is 1. The van der Waals surface area contributed by atoms with Crippen LogP contribution in [0.3, 0.4) is 0 Å². The average molecular weight is 421 g/mol. The van der Waals surface area contributed by atoms with Crippen molar-refractivity contribution in [2.45, 2.75) is 37.6 Å². The van der Waals surface area contributed by atoms with E-state index in [-0.39, 0.29) is 16.8 Å². The highest BCUT2D eigenvalue weighted by Gasteiger charge is 2.23. The molecule has 0 aromatic heterocycles. The molecule has 0 aliphatic carbocycles. The van der Waals surface area contributed by atoms with Crippen LogP contribution < -0.4 is 19.1 Å². The van der Waals surface area contributed by atoms with Crippen LogP contribution >= 0.6 is 0 Å². The minimum atomic E-state index is -3.81. The molecular formula is C21H28N2O5S. The number of hydrogen-bond donors (Lipinski definition) is 1. The van der Waals surface area contributed by atoms with E-state index in [0.29, 0.717) is 22.7 Å². The molecule has 8 heteroatoms. The highest BCUT2D eigenvalue weighted by atomic mass is 32.2. The molecule has 7 nitrogen and oxygen atoms in total. The molecule has 0 aliphatic heterocycles. The van der Waals surface area contributed by atoms with Crippen LogP contribution in [0.5, 0.6) is 11.5 Å². The molecule has 0 heterocycles. The van der Waals surface area contributed by atoms with Crippen molar-refractivity contribution in [1.82, 2.24) is 5.32 Å². The molecule has 2 rings (SSSR count). The van der Waals surface area contributed by atoms with Gasteiger partial charge in [0.1, 0.15) is 0 Å². The molecule has 158 valence electrons. The summed E-state index contributed by atoms with van der Waals surface area (Å²) in [5, 5.41) is 2.93. The summed E-state index contributed by atoms with van der Waals surface area (Å²) < 4.78 is 37.5. The summed E-state index contributed by atoms with van der Waals surface area (Å²) in [7, 11) is 0.583. The van der Waals surface area contributed by atoms with Gasteiger partial charge in [-0.15, -0.1) is 0 Å². The van der Waals surface area contributed by atoms with Gasteiger partial charge in [-0.05, 0) is 49.7 Å². The van der Waals surface area contributed by atoms with Gasteiger partial charge in [0, 0.05) is 24.7 Å². The Morgan fingerprint density at radius 1 is 1.07 bits per heavy atom. The van der Waals surface area contributed by atoms with E-state index in [1.165, 1.54) is 33.4 Å². The first kappa shape index (κ1) is 22.5. The molecule has 2 aromatic carbocycles. The summed E-state index contributed by atoms with van der Waals surface area (Å²) in [6.07, 6.45) is 1.88. The summed E-state index contributed by atoms with van der Waals surface area (Å²) >= 11 is 0. The van der Waals surface area contributed by atoms with Crippen LogP contribution in [0.2, 0.25) is 0 Å². The largest absolute Gasteiger partial charge is 0.493 e. The maximum atomic E-state index is 13.0. The average Bonchev–Trinajstić information content (AvgIpc) is 2.72. The number of methoxy groups -OCH3 is 2. The third kappa shape index (κ3) is 5.20. The van der Waals surface area contributed by atoms with Crippen molar-refractivity contribution < 1.29 is 22.7 Å². The van der Waals surface area contributed by atoms with Gasteiger partial charge in [-0.25, -0.2) is 8.42 Å². The van der Waals surface area contributed by atoms with Crippen molar-refractivity contribution in [3.05, 3.63) is 48.0 Å². The van der Waals surface area contributed by atoms with Gasteiger partial charge in [0.15, 0.2) is 11.5 Å². The molecule has 0 radical (unpaired) electrons. The fourth-order valence-corrected chi connectivity index (χ4v) is 4.12. The molecule has 0 unspecified atom stereocenters. The fraction of sp³-hybridized carbons (Fsp3) is 0.381. The van der Waals surface area contributed by atoms with Gasteiger partial charge in [0.25, 0.3) is 15.9 Å². The van der Waals surface area contributed by atoms with Crippen LogP contribution in [0.15, 0.2) is 47.4 Å². The number of carbonyl (C=O) groups is 1. The first-order chi connectivity index (χ1) is 13.7. The smallest absolute Gasteiger partial charge is 0.264 e. The van der Waals surface area contributed by atoms with Crippen LogP contribution in [0.1, 0.15) is 37.0 Å². The lowest BCUT2D eigenvalue weighted by Crippen LogP contribution is -2.32. The number of anilines is 1. The van der Waals surface area contributed by atoms with Gasteiger partial charge >= 0.3 is 0 Å². The molecule has 0 fully saturated rings. The molecule has 0 spiro atoms. The number of rotatable bonds is 9. The monoisotopic (exact) mass is 420 g/mol. The van der Waals surface area contributed by atoms with Crippen molar-refractivity contribution in [3.63, 3.8) is 0 Å². The van der Waals surface area contributed by atoms with E-state index in [0.717, 1.165) is 17.1 Å². The molecule has 1 amide bonds. The topological polar surface area (TPSA) is 84.9 Å². The van der Waals surface area contributed by atoms with Gasteiger partial charge in [0.05, 0.1) is 24.8 Å². The molecule has 1 N–H and O–H groups in total. The molecule has 29 heavy (non-hydrogen) atoms. The lowest BCUT2D eigenvalue weighted by molar-refractivity contribution is 0.0938. The number of nitrogens with zero attached hydrogens (tertiary/aromatic N) is 1. The first-order valence-corrected chi connectivity index (χ1v) is 10.8. The highest BCUT2D eigenvalue weighted by Crippen LogP contribution is 2.31. The van der Waals surface area contributed by atoms with Crippen molar-refractivity contribution in [2.24, 2.45) is 0 Å². The Kier molecular flexibility index (Phi) is 7.50. The van der Waals surface area contributed by atoms with Gasteiger partial charge in [-0.1, -0.05) is 13.3 Å². The van der Waals surface area contributed by atoms with E-state index in [9.17, 15) is 13.2 Å². The highest BCUT2D eigenvalue weighted by molar-refractivity contribution is 7.92. The molecule has 2 aromatic rings. The molecule has 0 bridgehead atoms. The summed E-state index contributed by atoms with van der Waals surface area (Å²) in [5.41, 5.74) is 0.923. The zero-order valence-electron chi connectivity index (χ0n) is 17.4. The lowest BCUT2D eigenvalue weighted by Gasteiger charge is -2.20. The molecule has 0 saturated heterocycles. The number of amides is 1. The van der Waals surface area contributed by atoms with E-state index >= 15 is 0 Å². The summed E-state index contributed by atoms with van der Waals surface area (Å²) in [6.45, 7) is 4.02. The SMILES string of the molecule is CCC[C@H](C)NC(=O)c1ccc(N(C)S(=O)(=O)c2ccc(OC)c(OC)c2)cc1. The second kappa shape index (κ2) is 9.65.